The van der Waals surface area contributed by atoms with Crippen molar-refractivity contribution in [2.75, 3.05) is 20.3 Å². The Morgan fingerprint density at radius 2 is 2.41 bits per heavy atom. The summed E-state index contributed by atoms with van der Waals surface area (Å²) in [6.45, 7) is 3.49. The smallest absolute Gasteiger partial charge is 0.318 e. The lowest BCUT2D eigenvalue weighted by atomic mass is 10.3. The first-order valence-corrected chi connectivity index (χ1v) is 7.90. The first-order chi connectivity index (χ1) is 10.6. The van der Waals surface area contributed by atoms with E-state index in [0.29, 0.717) is 19.7 Å². The molecule has 7 nitrogen and oxygen atoms in total. The molecule has 0 radical (unpaired) electrons. The van der Waals surface area contributed by atoms with Crippen LogP contribution in [0.15, 0.2) is 23.8 Å². The summed E-state index contributed by atoms with van der Waals surface area (Å²) in [6.07, 6.45) is 1.62. The van der Waals surface area contributed by atoms with E-state index in [2.05, 4.69) is 15.5 Å². The van der Waals surface area contributed by atoms with Crippen LogP contribution in [0.3, 0.4) is 0 Å². The van der Waals surface area contributed by atoms with E-state index < -0.39 is 0 Å². The van der Waals surface area contributed by atoms with Gasteiger partial charge in [0.15, 0.2) is 5.82 Å². The molecule has 8 heteroatoms. The van der Waals surface area contributed by atoms with Crippen molar-refractivity contribution in [3.05, 3.63) is 34.5 Å². The maximum Gasteiger partial charge on any atom is 0.318 e. The SMILES string of the molecule is COCCN(Cc1cccs1)C(=O)N[C@H](C)c1nncn1C. The van der Waals surface area contributed by atoms with Crippen LogP contribution < -0.4 is 5.32 Å². The van der Waals surface area contributed by atoms with Gasteiger partial charge in [0, 0.05) is 25.6 Å². The first kappa shape index (κ1) is 16.4. The topological polar surface area (TPSA) is 72.3 Å². The molecule has 0 saturated heterocycles. The third-order valence-corrected chi connectivity index (χ3v) is 4.11. The molecule has 2 rings (SSSR count). The van der Waals surface area contributed by atoms with Crippen molar-refractivity contribution < 1.29 is 9.53 Å². The summed E-state index contributed by atoms with van der Waals surface area (Å²) in [4.78, 5) is 15.4. The van der Waals surface area contributed by atoms with Crippen LogP contribution in [0.4, 0.5) is 4.79 Å². The molecule has 0 saturated carbocycles. The molecule has 2 aromatic heterocycles. The van der Waals surface area contributed by atoms with Gasteiger partial charge in [0.25, 0.3) is 0 Å². The highest BCUT2D eigenvalue weighted by molar-refractivity contribution is 7.09. The van der Waals surface area contributed by atoms with Gasteiger partial charge < -0.3 is 19.5 Å². The molecule has 0 fully saturated rings. The zero-order chi connectivity index (χ0) is 15.9. The minimum Gasteiger partial charge on any atom is -0.383 e. The highest BCUT2D eigenvalue weighted by Crippen LogP contribution is 2.13. The van der Waals surface area contributed by atoms with Crippen LogP contribution in [0, 0.1) is 0 Å². The average Bonchev–Trinajstić information content (AvgIpc) is 3.14. The lowest BCUT2D eigenvalue weighted by molar-refractivity contribution is 0.145. The number of carbonyl (C=O) groups is 1. The predicted molar refractivity (Wildman–Crippen MR) is 84.6 cm³/mol. The van der Waals surface area contributed by atoms with Crippen molar-refractivity contribution >= 4 is 17.4 Å². The van der Waals surface area contributed by atoms with Gasteiger partial charge in [-0.25, -0.2) is 4.79 Å². The van der Waals surface area contributed by atoms with Crippen LogP contribution in [-0.4, -0.2) is 46.0 Å². The summed E-state index contributed by atoms with van der Waals surface area (Å²) >= 11 is 1.63. The number of nitrogens with one attached hydrogen (secondary N) is 1. The minimum absolute atomic E-state index is 0.138. The second-order valence-corrected chi connectivity index (χ2v) is 6.00. The van der Waals surface area contributed by atoms with Crippen molar-refractivity contribution in [3.63, 3.8) is 0 Å². The number of urea groups is 1. The fraction of sp³-hybridized carbons (Fsp3) is 0.500. The Morgan fingerprint density at radius 1 is 1.59 bits per heavy atom. The van der Waals surface area contributed by atoms with E-state index in [9.17, 15) is 4.79 Å². The van der Waals surface area contributed by atoms with Gasteiger partial charge >= 0.3 is 6.03 Å². The van der Waals surface area contributed by atoms with Gasteiger partial charge in [-0.15, -0.1) is 21.5 Å². The zero-order valence-corrected chi connectivity index (χ0v) is 13.8. The molecule has 1 atom stereocenters. The van der Waals surface area contributed by atoms with Crippen molar-refractivity contribution in [2.45, 2.75) is 19.5 Å². The van der Waals surface area contributed by atoms with E-state index in [1.165, 1.54) is 0 Å². The Bertz CT molecular complexity index is 584. The van der Waals surface area contributed by atoms with Gasteiger partial charge in [-0.3, -0.25) is 0 Å². The van der Waals surface area contributed by atoms with Crippen molar-refractivity contribution in [1.82, 2.24) is 25.0 Å². The highest BCUT2D eigenvalue weighted by Gasteiger charge is 2.19. The van der Waals surface area contributed by atoms with Gasteiger partial charge in [0.1, 0.15) is 6.33 Å². The van der Waals surface area contributed by atoms with E-state index in [1.807, 2.05) is 31.5 Å². The lowest BCUT2D eigenvalue weighted by Gasteiger charge is -2.24. The van der Waals surface area contributed by atoms with Gasteiger partial charge in [-0.05, 0) is 18.4 Å². The summed E-state index contributed by atoms with van der Waals surface area (Å²) in [7, 11) is 3.48. The van der Waals surface area contributed by atoms with Crippen LogP contribution in [0.1, 0.15) is 23.7 Å². The zero-order valence-electron chi connectivity index (χ0n) is 13.0. The second kappa shape index (κ2) is 7.90. The molecule has 0 unspecified atom stereocenters. The fourth-order valence-electron chi connectivity index (χ4n) is 2.07. The average molecular weight is 323 g/mol. The summed E-state index contributed by atoms with van der Waals surface area (Å²) in [5.41, 5.74) is 0. The Hall–Kier alpha value is -1.93. The lowest BCUT2D eigenvalue weighted by Crippen LogP contribution is -2.42. The van der Waals surface area contributed by atoms with Crippen LogP contribution >= 0.6 is 11.3 Å². The van der Waals surface area contributed by atoms with Crippen molar-refractivity contribution in [1.29, 1.82) is 0 Å². The van der Waals surface area contributed by atoms with Gasteiger partial charge in [0.2, 0.25) is 0 Å². The van der Waals surface area contributed by atoms with Crippen molar-refractivity contribution in [3.8, 4) is 0 Å². The number of aromatic nitrogens is 3. The molecule has 0 aromatic carbocycles. The summed E-state index contributed by atoms with van der Waals surface area (Å²) in [5.74, 6) is 0.719. The number of hydrogen-bond donors (Lipinski definition) is 1. The third kappa shape index (κ3) is 4.28. The number of rotatable bonds is 7. The molecule has 0 bridgehead atoms. The summed E-state index contributed by atoms with van der Waals surface area (Å²) in [6, 6.07) is 3.65. The monoisotopic (exact) mass is 323 g/mol. The fourth-order valence-corrected chi connectivity index (χ4v) is 2.79. The highest BCUT2D eigenvalue weighted by atomic mass is 32.1. The molecule has 1 N–H and O–H groups in total. The van der Waals surface area contributed by atoms with Crippen LogP contribution in [-0.2, 0) is 18.3 Å². The maximum absolute atomic E-state index is 12.5. The number of aryl methyl sites for hydroxylation is 1. The third-order valence-electron chi connectivity index (χ3n) is 3.25. The minimum atomic E-state index is -0.214. The number of thiophene rings is 1. The molecule has 22 heavy (non-hydrogen) atoms. The van der Waals surface area contributed by atoms with Crippen LogP contribution in [0.25, 0.3) is 0 Å². The van der Waals surface area contributed by atoms with Gasteiger partial charge in [-0.1, -0.05) is 6.07 Å². The summed E-state index contributed by atoms with van der Waals surface area (Å²) in [5, 5.41) is 12.8. The van der Waals surface area contributed by atoms with E-state index in [-0.39, 0.29) is 12.1 Å². The Kier molecular flexibility index (Phi) is 5.91. The molecule has 0 aliphatic heterocycles. The molecule has 2 aromatic rings. The number of nitrogens with zero attached hydrogens (tertiary/aromatic N) is 4. The van der Waals surface area contributed by atoms with Crippen LogP contribution in [0.2, 0.25) is 0 Å². The normalized spacial score (nSPS) is 12.1. The van der Waals surface area contributed by atoms with Crippen LogP contribution in [0.5, 0.6) is 0 Å². The standard InChI is InChI=1S/C14H21N5O2S/c1-11(13-17-15-10-18(13)2)16-14(20)19(6-7-21-3)9-12-5-4-8-22-12/h4-5,8,10-11H,6-7,9H2,1-3H3,(H,16,20)/t11-/m1/s1. The Labute approximate surface area is 133 Å². The predicted octanol–water partition coefficient (Wildman–Crippen LogP) is 1.80. The largest absolute Gasteiger partial charge is 0.383 e. The van der Waals surface area contributed by atoms with E-state index in [4.69, 9.17) is 4.74 Å². The molecule has 0 aliphatic rings. The van der Waals surface area contributed by atoms with E-state index in [0.717, 1.165) is 10.7 Å². The maximum atomic E-state index is 12.5. The number of methoxy groups -OCH3 is 1. The molecule has 2 amide bonds. The van der Waals surface area contributed by atoms with E-state index >= 15 is 0 Å². The van der Waals surface area contributed by atoms with E-state index in [1.54, 1.807) is 34.2 Å². The Balaban J connectivity index is 2.00. The first-order valence-electron chi connectivity index (χ1n) is 7.02. The number of hydrogen-bond acceptors (Lipinski definition) is 5. The van der Waals surface area contributed by atoms with Gasteiger partial charge in [-0.2, -0.15) is 0 Å². The van der Waals surface area contributed by atoms with Gasteiger partial charge in [0.05, 0.1) is 19.2 Å². The molecule has 0 spiro atoms. The number of amides is 2. The Morgan fingerprint density at radius 3 is 3.00 bits per heavy atom. The molecular weight excluding hydrogens is 302 g/mol. The number of carbonyl (C=O) groups excluding carboxylic acids is 1. The molecular formula is C14H21N5O2S. The van der Waals surface area contributed by atoms with Crippen molar-refractivity contribution in [2.24, 2.45) is 7.05 Å². The second-order valence-electron chi connectivity index (χ2n) is 4.96. The molecule has 2 heterocycles. The number of ether oxygens (including phenoxy) is 1. The molecule has 120 valence electrons. The summed E-state index contributed by atoms with van der Waals surface area (Å²) < 4.78 is 6.89. The quantitative estimate of drug-likeness (QED) is 0.843. The molecule has 0 aliphatic carbocycles.